The number of benzene rings is 1. The molecule has 0 aliphatic heterocycles. The number of nitrogens with zero attached hydrogens (tertiary/aromatic N) is 4. The Kier molecular flexibility index (Phi) is 5.16. The number of rotatable bonds is 5. The minimum atomic E-state index is -0.502. The molecule has 0 aliphatic rings. The van der Waals surface area contributed by atoms with E-state index in [2.05, 4.69) is 9.97 Å². The summed E-state index contributed by atoms with van der Waals surface area (Å²) in [5, 5.41) is 9.36. The monoisotopic (exact) mass is 403 g/mol. The van der Waals surface area contributed by atoms with E-state index in [1.54, 1.807) is 38.2 Å². The van der Waals surface area contributed by atoms with Crippen molar-refractivity contribution in [2.24, 2.45) is 0 Å². The van der Waals surface area contributed by atoms with E-state index in [1.165, 1.54) is 0 Å². The molecule has 0 atom stereocenters. The summed E-state index contributed by atoms with van der Waals surface area (Å²) in [5.41, 5.74) is 9.57. The van der Waals surface area contributed by atoms with Crippen molar-refractivity contribution in [2.45, 2.75) is 26.6 Å². The van der Waals surface area contributed by atoms with E-state index < -0.39 is 5.97 Å². The van der Waals surface area contributed by atoms with Gasteiger partial charge in [-0.1, -0.05) is 12.1 Å². The Labute approximate surface area is 173 Å². The molecule has 4 aromatic rings. The molecule has 0 aliphatic carbocycles. The Hall–Kier alpha value is -3.78. The fourth-order valence-corrected chi connectivity index (χ4v) is 3.13. The number of aromatic nitrogens is 4. The number of fused-ring (bicyclic) bond motifs is 1. The molecule has 8 nitrogen and oxygen atoms in total. The van der Waals surface area contributed by atoms with Gasteiger partial charge in [0.15, 0.2) is 17.2 Å². The first-order chi connectivity index (χ1) is 14.5. The van der Waals surface area contributed by atoms with Crippen LogP contribution in [0.4, 0.5) is 5.82 Å². The third-order valence-electron chi connectivity index (χ3n) is 4.51. The molecule has 3 heterocycles. The maximum atomic E-state index is 12.4. The van der Waals surface area contributed by atoms with E-state index in [0.29, 0.717) is 28.4 Å². The summed E-state index contributed by atoms with van der Waals surface area (Å²) < 4.78 is 7.10. The van der Waals surface area contributed by atoms with Crippen molar-refractivity contribution in [2.75, 3.05) is 5.73 Å². The number of hydrogen-bond donors (Lipinski definition) is 2. The lowest BCUT2D eigenvalue weighted by Gasteiger charge is -2.11. The Morgan fingerprint density at radius 3 is 2.57 bits per heavy atom. The number of esters is 1. The topological polar surface area (TPSA) is 116 Å². The van der Waals surface area contributed by atoms with Crippen LogP contribution in [-0.4, -0.2) is 36.7 Å². The lowest BCUT2D eigenvalue weighted by molar-refractivity contribution is 0.0371. The Morgan fingerprint density at radius 2 is 1.90 bits per heavy atom. The van der Waals surface area contributed by atoms with Gasteiger partial charge in [0.2, 0.25) is 0 Å². The minimum Gasteiger partial charge on any atom is -0.458 e. The van der Waals surface area contributed by atoms with Gasteiger partial charge in [-0.05, 0) is 55.8 Å². The number of hydrogen-bond acceptors (Lipinski definition) is 7. The molecule has 3 N–H and O–H groups in total. The zero-order valence-corrected chi connectivity index (χ0v) is 16.6. The third-order valence-corrected chi connectivity index (χ3v) is 4.51. The summed E-state index contributed by atoms with van der Waals surface area (Å²) in [6.07, 6.45) is 1.36. The summed E-state index contributed by atoms with van der Waals surface area (Å²) in [6.45, 7) is 3.51. The molecule has 3 aromatic heterocycles. The minimum absolute atomic E-state index is 0.0587. The molecule has 152 valence electrons. The average molecular weight is 403 g/mol. The van der Waals surface area contributed by atoms with Crippen LogP contribution in [0.25, 0.3) is 28.2 Å². The summed E-state index contributed by atoms with van der Waals surface area (Å²) in [7, 11) is 0. The fourth-order valence-electron chi connectivity index (χ4n) is 3.13. The third kappa shape index (κ3) is 3.60. The molecule has 1 aromatic carbocycles. The molecule has 0 bridgehead atoms. The van der Waals surface area contributed by atoms with E-state index in [-0.39, 0.29) is 18.4 Å². The number of anilines is 1. The van der Waals surface area contributed by atoms with E-state index in [4.69, 9.17) is 15.5 Å². The Balaban J connectivity index is 1.96. The van der Waals surface area contributed by atoms with Crippen molar-refractivity contribution in [1.82, 2.24) is 19.5 Å². The first-order valence-corrected chi connectivity index (χ1v) is 9.49. The van der Waals surface area contributed by atoms with Gasteiger partial charge in [-0.15, -0.1) is 0 Å². The zero-order valence-electron chi connectivity index (χ0n) is 16.6. The van der Waals surface area contributed by atoms with Crippen LogP contribution >= 0.6 is 0 Å². The second-order valence-electron chi connectivity index (χ2n) is 7.02. The van der Waals surface area contributed by atoms with Gasteiger partial charge in [0.25, 0.3) is 0 Å². The highest BCUT2D eigenvalue weighted by atomic mass is 16.5. The predicted octanol–water partition coefficient (Wildman–Crippen LogP) is 3.12. The van der Waals surface area contributed by atoms with E-state index in [1.807, 2.05) is 34.9 Å². The lowest BCUT2D eigenvalue weighted by Crippen LogP contribution is -2.13. The van der Waals surface area contributed by atoms with Gasteiger partial charge in [0, 0.05) is 11.9 Å². The quantitative estimate of drug-likeness (QED) is 0.492. The molecule has 30 heavy (non-hydrogen) atoms. The molecule has 4 rings (SSSR count). The molecule has 0 saturated heterocycles. The smallest absolute Gasteiger partial charge is 0.357 e. The molecule has 0 saturated carbocycles. The van der Waals surface area contributed by atoms with Crippen molar-refractivity contribution >= 4 is 23.0 Å². The van der Waals surface area contributed by atoms with Crippen LogP contribution in [0.15, 0.2) is 54.7 Å². The predicted molar refractivity (Wildman–Crippen MR) is 113 cm³/mol. The van der Waals surface area contributed by atoms with Crippen molar-refractivity contribution < 1.29 is 14.6 Å². The number of nitrogen functional groups attached to an aromatic ring is 1. The van der Waals surface area contributed by atoms with Crippen molar-refractivity contribution in [3.8, 4) is 17.1 Å². The van der Waals surface area contributed by atoms with Crippen molar-refractivity contribution in [3.05, 3.63) is 66.0 Å². The summed E-state index contributed by atoms with van der Waals surface area (Å²) in [5.74, 6) is 0.382. The van der Waals surface area contributed by atoms with Gasteiger partial charge in [-0.2, -0.15) is 0 Å². The van der Waals surface area contributed by atoms with Crippen LogP contribution < -0.4 is 5.73 Å². The molecule has 0 amide bonds. The highest BCUT2D eigenvalue weighted by molar-refractivity contribution is 5.91. The maximum absolute atomic E-state index is 12.4. The van der Waals surface area contributed by atoms with Gasteiger partial charge in [0.05, 0.1) is 18.3 Å². The van der Waals surface area contributed by atoms with Gasteiger partial charge < -0.3 is 15.6 Å². The number of carbonyl (C=O) groups excluding carboxylic acids is 1. The van der Waals surface area contributed by atoms with E-state index >= 15 is 0 Å². The van der Waals surface area contributed by atoms with Crippen LogP contribution in [-0.2, 0) is 11.3 Å². The molecule has 0 unspecified atom stereocenters. The Morgan fingerprint density at radius 1 is 1.13 bits per heavy atom. The fraction of sp³-hybridized carbons (Fsp3) is 0.182. The molecule has 0 spiro atoms. The highest BCUT2D eigenvalue weighted by Gasteiger charge is 2.20. The largest absolute Gasteiger partial charge is 0.458 e. The van der Waals surface area contributed by atoms with Gasteiger partial charge >= 0.3 is 5.97 Å². The maximum Gasteiger partial charge on any atom is 0.357 e. The number of ether oxygens (including phenoxy) is 1. The zero-order chi connectivity index (χ0) is 21.3. The molecule has 0 fully saturated rings. The first kappa shape index (κ1) is 19.5. The number of aliphatic hydroxyl groups is 1. The average Bonchev–Trinajstić information content (AvgIpc) is 3.12. The SMILES string of the molecule is CC(C)OC(=O)c1ccc2nc(-c3cccnc3N)n(-c3ccc(CO)cc3)c2n1. The summed E-state index contributed by atoms with van der Waals surface area (Å²) >= 11 is 0. The van der Waals surface area contributed by atoms with Gasteiger partial charge in [-0.25, -0.2) is 19.7 Å². The number of nitrogens with two attached hydrogens (primary N) is 1. The summed E-state index contributed by atoms with van der Waals surface area (Å²) in [4.78, 5) is 25.8. The van der Waals surface area contributed by atoms with Crippen LogP contribution in [0.5, 0.6) is 0 Å². The molecular weight excluding hydrogens is 382 g/mol. The van der Waals surface area contributed by atoms with Crippen LogP contribution in [0.3, 0.4) is 0 Å². The number of carbonyl (C=O) groups is 1. The molecule has 8 heteroatoms. The first-order valence-electron chi connectivity index (χ1n) is 9.49. The molecule has 0 radical (unpaired) electrons. The van der Waals surface area contributed by atoms with Crippen LogP contribution in [0, 0.1) is 0 Å². The lowest BCUT2D eigenvalue weighted by atomic mass is 10.2. The Bertz CT molecular complexity index is 1220. The second-order valence-corrected chi connectivity index (χ2v) is 7.02. The number of aliphatic hydroxyl groups excluding tert-OH is 1. The van der Waals surface area contributed by atoms with Crippen LogP contribution in [0.1, 0.15) is 29.9 Å². The highest BCUT2D eigenvalue weighted by Crippen LogP contribution is 2.30. The number of pyridine rings is 2. The van der Waals surface area contributed by atoms with Crippen molar-refractivity contribution in [1.29, 1.82) is 0 Å². The summed E-state index contributed by atoms with van der Waals surface area (Å²) in [6, 6.07) is 14.3. The van der Waals surface area contributed by atoms with E-state index in [9.17, 15) is 9.90 Å². The normalized spacial score (nSPS) is 11.2. The molecular formula is C22H21N5O3. The van der Waals surface area contributed by atoms with Gasteiger partial charge in [-0.3, -0.25) is 4.57 Å². The number of imidazole rings is 1. The van der Waals surface area contributed by atoms with Crippen molar-refractivity contribution in [3.63, 3.8) is 0 Å². The second kappa shape index (κ2) is 7.92. The van der Waals surface area contributed by atoms with Gasteiger partial charge in [0.1, 0.15) is 11.3 Å². The van der Waals surface area contributed by atoms with E-state index in [0.717, 1.165) is 11.3 Å². The van der Waals surface area contributed by atoms with Crippen LogP contribution in [0.2, 0.25) is 0 Å². The standard InChI is InChI=1S/C22H21N5O3/c1-13(2)30-22(29)18-10-9-17-21(26-18)27(15-7-5-14(12-28)6-8-15)20(25-17)16-4-3-11-24-19(16)23/h3-11,13,28H,12H2,1-2H3,(H2,23,24).